The summed E-state index contributed by atoms with van der Waals surface area (Å²) in [4.78, 5) is 19.9. The summed E-state index contributed by atoms with van der Waals surface area (Å²) >= 11 is 6.15. The summed E-state index contributed by atoms with van der Waals surface area (Å²) in [6.07, 6.45) is 3.67. The van der Waals surface area contributed by atoms with Gasteiger partial charge in [-0.3, -0.25) is 9.78 Å². The Labute approximate surface area is 127 Å². The van der Waals surface area contributed by atoms with Crippen LogP contribution in [0, 0.1) is 0 Å². The highest BCUT2D eigenvalue weighted by Gasteiger charge is 2.22. The molecule has 0 aliphatic carbocycles. The smallest absolute Gasteiger partial charge is 0.256 e. The summed E-state index contributed by atoms with van der Waals surface area (Å²) in [5.41, 5.74) is 12.2. The van der Waals surface area contributed by atoms with E-state index in [0.717, 1.165) is 11.1 Å². The van der Waals surface area contributed by atoms with Crippen LogP contribution < -0.4 is 11.5 Å². The van der Waals surface area contributed by atoms with E-state index in [1.807, 2.05) is 24.3 Å². The lowest BCUT2D eigenvalue weighted by Crippen LogP contribution is -2.26. The van der Waals surface area contributed by atoms with Gasteiger partial charge in [0.05, 0.1) is 5.92 Å². The molecular weight excluding hydrogens is 288 g/mol. The predicted molar refractivity (Wildman–Crippen MR) is 83.0 cm³/mol. The number of aliphatic imine (C=N–C) groups is 1. The molecule has 1 aromatic heterocycles. The lowest BCUT2D eigenvalue weighted by Gasteiger charge is -2.14. The minimum atomic E-state index is -0.527. The number of nitrogens with two attached hydrogens (primary N) is 2. The van der Waals surface area contributed by atoms with Gasteiger partial charge in [-0.05, 0) is 29.7 Å². The summed E-state index contributed by atoms with van der Waals surface area (Å²) in [6.45, 7) is 0. The van der Waals surface area contributed by atoms with Crippen LogP contribution in [0.5, 0.6) is 0 Å². The molecule has 1 heterocycles. The highest BCUT2D eigenvalue weighted by Crippen LogP contribution is 2.25. The number of benzene rings is 1. The normalized spacial score (nSPS) is 11.7. The second-order valence-corrected chi connectivity index (χ2v) is 4.92. The molecule has 2 rings (SSSR count). The van der Waals surface area contributed by atoms with Gasteiger partial charge in [0.25, 0.3) is 5.91 Å². The SMILES string of the molecule is NC(N)=NC(=O)C(Cc1ccccc1Cl)c1cccnc1. The summed E-state index contributed by atoms with van der Waals surface area (Å²) < 4.78 is 0. The first-order valence-electron chi connectivity index (χ1n) is 6.34. The molecule has 5 nitrogen and oxygen atoms in total. The van der Waals surface area contributed by atoms with Crippen molar-refractivity contribution in [2.24, 2.45) is 16.5 Å². The Morgan fingerprint density at radius 1 is 1.24 bits per heavy atom. The molecule has 0 bridgehead atoms. The van der Waals surface area contributed by atoms with Gasteiger partial charge in [-0.25, -0.2) is 0 Å². The Kier molecular flexibility index (Phi) is 4.90. The summed E-state index contributed by atoms with van der Waals surface area (Å²) in [6, 6.07) is 10.9. The van der Waals surface area contributed by atoms with Crippen LogP contribution in [-0.4, -0.2) is 16.9 Å². The fourth-order valence-electron chi connectivity index (χ4n) is 2.02. The molecule has 0 radical (unpaired) electrons. The number of carbonyl (C=O) groups is 1. The Hall–Kier alpha value is -2.40. The zero-order valence-corrected chi connectivity index (χ0v) is 12.0. The van der Waals surface area contributed by atoms with E-state index in [2.05, 4.69) is 9.98 Å². The molecule has 1 amide bonds. The van der Waals surface area contributed by atoms with Crippen LogP contribution in [0.4, 0.5) is 0 Å². The average molecular weight is 303 g/mol. The van der Waals surface area contributed by atoms with Gasteiger partial charge in [-0.15, -0.1) is 0 Å². The molecule has 21 heavy (non-hydrogen) atoms. The largest absolute Gasteiger partial charge is 0.370 e. The van der Waals surface area contributed by atoms with Crippen LogP contribution in [0.1, 0.15) is 17.0 Å². The molecule has 1 atom stereocenters. The quantitative estimate of drug-likeness (QED) is 0.666. The van der Waals surface area contributed by atoms with E-state index in [1.165, 1.54) is 0 Å². The van der Waals surface area contributed by atoms with E-state index >= 15 is 0 Å². The Morgan fingerprint density at radius 3 is 2.62 bits per heavy atom. The highest BCUT2D eigenvalue weighted by atomic mass is 35.5. The molecule has 108 valence electrons. The van der Waals surface area contributed by atoms with Crippen LogP contribution in [0.2, 0.25) is 5.02 Å². The number of carbonyl (C=O) groups excluding carboxylic acids is 1. The molecule has 0 saturated carbocycles. The van der Waals surface area contributed by atoms with E-state index in [9.17, 15) is 4.79 Å². The number of halogens is 1. The molecule has 0 spiro atoms. The minimum absolute atomic E-state index is 0.256. The second kappa shape index (κ2) is 6.85. The molecule has 4 N–H and O–H groups in total. The molecule has 6 heteroatoms. The third-order valence-corrected chi connectivity index (χ3v) is 3.37. The molecule has 0 aliphatic heterocycles. The van der Waals surface area contributed by atoms with Crippen molar-refractivity contribution in [1.29, 1.82) is 0 Å². The monoisotopic (exact) mass is 302 g/mol. The van der Waals surface area contributed by atoms with E-state index in [-0.39, 0.29) is 5.96 Å². The number of guanidine groups is 1. The maximum atomic E-state index is 12.3. The van der Waals surface area contributed by atoms with Crippen LogP contribution in [0.25, 0.3) is 0 Å². The van der Waals surface area contributed by atoms with Crippen molar-refractivity contribution in [2.45, 2.75) is 12.3 Å². The van der Waals surface area contributed by atoms with E-state index in [4.69, 9.17) is 23.1 Å². The first-order chi connectivity index (χ1) is 10.1. The van der Waals surface area contributed by atoms with Gasteiger partial charge in [0, 0.05) is 17.4 Å². The maximum Gasteiger partial charge on any atom is 0.256 e. The molecule has 2 aromatic rings. The van der Waals surface area contributed by atoms with Gasteiger partial charge in [0.15, 0.2) is 5.96 Å². The summed E-state index contributed by atoms with van der Waals surface area (Å²) in [5, 5.41) is 0.601. The first-order valence-corrected chi connectivity index (χ1v) is 6.72. The minimum Gasteiger partial charge on any atom is -0.370 e. The second-order valence-electron chi connectivity index (χ2n) is 4.51. The topological polar surface area (TPSA) is 94.4 Å². The van der Waals surface area contributed by atoms with Gasteiger partial charge in [-0.2, -0.15) is 4.99 Å². The Morgan fingerprint density at radius 2 is 2.00 bits per heavy atom. The fraction of sp³-hybridized carbons (Fsp3) is 0.133. The predicted octanol–water partition coefficient (Wildman–Crippen LogP) is 1.86. The molecule has 0 aliphatic rings. The van der Waals surface area contributed by atoms with Gasteiger partial charge >= 0.3 is 0 Å². The van der Waals surface area contributed by atoms with Crippen molar-refractivity contribution in [3.63, 3.8) is 0 Å². The molecule has 1 unspecified atom stereocenters. The van der Waals surface area contributed by atoms with Crippen LogP contribution >= 0.6 is 11.6 Å². The van der Waals surface area contributed by atoms with Crippen LogP contribution in [0.3, 0.4) is 0 Å². The zero-order valence-electron chi connectivity index (χ0n) is 11.2. The molecule has 1 aromatic carbocycles. The van der Waals surface area contributed by atoms with E-state index < -0.39 is 11.8 Å². The summed E-state index contributed by atoms with van der Waals surface area (Å²) in [5.74, 6) is -1.20. The standard InChI is InChI=1S/C15H15ClN4O/c16-13-6-2-1-4-10(13)8-12(14(21)20-15(17)18)11-5-3-7-19-9-11/h1-7,9,12H,8H2,(H4,17,18,20,21). The first kappa shape index (κ1) is 15.0. The molecule has 0 fully saturated rings. The fourth-order valence-corrected chi connectivity index (χ4v) is 2.23. The Balaban J connectivity index is 2.35. The maximum absolute atomic E-state index is 12.3. The number of hydrogen-bond donors (Lipinski definition) is 2. The van der Waals surface area contributed by atoms with E-state index in [1.54, 1.807) is 24.5 Å². The van der Waals surface area contributed by atoms with Crippen molar-refractivity contribution < 1.29 is 4.79 Å². The van der Waals surface area contributed by atoms with Crippen LogP contribution in [0.15, 0.2) is 53.8 Å². The average Bonchev–Trinajstić information content (AvgIpc) is 2.46. The molecule has 0 saturated heterocycles. The van der Waals surface area contributed by atoms with Crippen molar-refractivity contribution in [3.8, 4) is 0 Å². The van der Waals surface area contributed by atoms with Gasteiger partial charge in [-0.1, -0.05) is 35.9 Å². The van der Waals surface area contributed by atoms with Crippen LogP contribution in [-0.2, 0) is 11.2 Å². The number of rotatable bonds is 4. The Bertz CT molecular complexity index is 654. The number of nitrogens with zero attached hydrogens (tertiary/aromatic N) is 2. The number of aromatic nitrogens is 1. The van der Waals surface area contributed by atoms with Crippen molar-refractivity contribution >= 4 is 23.5 Å². The lowest BCUT2D eigenvalue weighted by molar-refractivity contribution is -0.119. The number of amides is 1. The van der Waals surface area contributed by atoms with Crippen molar-refractivity contribution in [2.75, 3.05) is 0 Å². The number of hydrogen-bond acceptors (Lipinski definition) is 2. The van der Waals surface area contributed by atoms with Gasteiger partial charge in [0.2, 0.25) is 0 Å². The highest BCUT2D eigenvalue weighted by molar-refractivity contribution is 6.31. The van der Waals surface area contributed by atoms with Crippen molar-refractivity contribution in [3.05, 3.63) is 64.9 Å². The third kappa shape index (κ3) is 4.03. The third-order valence-electron chi connectivity index (χ3n) is 3.01. The van der Waals surface area contributed by atoms with Crippen molar-refractivity contribution in [1.82, 2.24) is 4.98 Å². The lowest BCUT2D eigenvalue weighted by atomic mass is 9.92. The number of pyridine rings is 1. The molecular formula is C15H15ClN4O. The van der Waals surface area contributed by atoms with Gasteiger partial charge < -0.3 is 11.5 Å². The van der Waals surface area contributed by atoms with Gasteiger partial charge in [0.1, 0.15) is 0 Å². The van der Waals surface area contributed by atoms with E-state index in [0.29, 0.717) is 11.4 Å². The summed E-state index contributed by atoms with van der Waals surface area (Å²) in [7, 11) is 0. The zero-order chi connectivity index (χ0) is 15.2.